The molecule has 0 aromatic carbocycles. The van der Waals surface area contributed by atoms with E-state index >= 15 is 0 Å². The lowest BCUT2D eigenvalue weighted by atomic mass is 10.0. The monoisotopic (exact) mass is 396 g/mol. The number of aromatic nitrogens is 1. The predicted molar refractivity (Wildman–Crippen MR) is 103 cm³/mol. The molecule has 0 saturated carbocycles. The van der Waals surface area contributed by atoms with Crippen molar-refractivity contribution in [3.05, 3.63) is 30.1 Å². The minimum atomic E-state index is 0. The van der Waals surface area contributed by atoms with Crippen LogP contribution in [0.25, 0.3) is 0 Å². The molecular formula is C16H27Cl3N4O. The van der Waals surface area contributed by atoms with Gasteiger partial charge in [0.15, 0.2) is 0 Å². The topological polar surface area (TPSA) is 57.3 Å². The van der Waals surface area contributed by atoms with E-state index in [4.69, 9.17) is 0 Å². The van der Waals surface area contributed by atoms with Crippen molar-refractivity contribution >= 4 is 43.1 Å². The lowest BCUT2D eigenvalue weighted by Crippen LogP contribution is -2.49. The van der Waals surface area contributed by atoms with Crippen molar-refractivity contribution in [2.45, 2.75) is 44.3 Å². The number of halogens is 3. The van der Waals surface area contributed by atoms with Gasteiger partial charge in [0.1, 0.15) is 0 Å². The molecule has 0 spiro atoms. The molecule has 0 unspecified atom stereocenters. The molecule has 2 aliphatic rings. The Morgan fingerprint density at radius 1 is 1.21 bits per heavy atom. The second-order valence-electron chi connectivity index (χ2n) is 6.03. The lowest BCUT2D eigenvalue weighted by molar-refractivity contribution is -0.123. The fourth-order valence-corrected chi connectivity index (χ4v) is 3.17. The molecule has 2 N–H and O–H groups in total. The molecule has 5 nitrogen and oxygen atoms in total. The number of carbonyl (C=O) groups is 1. The van der Waals surface area contributed by atoms with Gasteiger partial charge in [-0.3, -0.25) is 14.7 Å². The zero-order valence-electron chi connectivity index (χ0n) is 13.6. The summed E-state index contributed by atoms with van der Waals surface area (Å²) in [5.41, 5.74) is 1.12. The van der Waals surface area contributed by atoms with E-state index < -0.39 is 0 Å². The number of rotatable bonds is 4. The van der Waals surface area contributed by atoms with Crippen LogP contribution in [-0.2, 0) is 11.3 Å². The molecule has 2 saturated heterocycles. The first-order valence-electron chi connectivity index (χ1n) is 7.97. The van der Waals surface area contributed by atoms with E-state index in [-0.39, 0.29) is 49.2 Å². The number of piperidine rings is 1. The third-order valence-corrected chi connectivity index (χ3v) is 4.42. The molecule has 1 aromatic rings. The second-order valence-corrected chi connectivity index (χ2v) is 6.03. The van der Waals surface area contributed by atoms with Crippen molar-refractivity contribution in [1.29, 1.82) is 0 Å². The van der Waals surface area contributed by atoms with Gasteiger partial charge in [-0.25, -0.2) is 0 Å². The normalized spacial score (nSPS) is 21.1. The Kier molecular flexibility index (Phi) is 11.6. The predicted octanol–water partition coefficient (Wildman–Crippen LogP) is 2.18. The molecule has 3 heterocycles. The van der Waals surface area contributed by atoms with Gasteiger partial charge in [-0.1, -0.05) is 6.07 Å². The summed E-state index contributed by atoms with van der Waals surface area (Å²) in [6.07, 6.45) is 6.00. The number of amides is 1. The Balaban J connectivity index is 0.00000176. The molecule has 24 heavy (non-hydrogen) atoms. The molecule has 1 atom stereocenters. The van der Waals surface area contributed by atoms with Crippen LogP contribution in [-0.4, -0.2) is 47.5 Å². The number of carbonyl (C=O) groups excluding carboxylic acids is 1. The molecule has 1 amide bonds. The third-order valence-electron chi connectivity index (χ3n) is 4.42. The van der Waals surface area contributed by atoms with Gasteiger partial charge in [-0.15, -0.1) is 37.2 Å². The van der Waals surface area contributed by atoms with Crippen LogP contribution < -0.4 is 10.6 Å². The van der Waals surface area contributed by atoms with E-state index in [1.807, 2.05) is 18.3 Å². The van der Waals surface area contributed by atoms with Crippen LogP contribution in [0.3, 0.4) is 0 Å². The van der Waals surface area contributed by atoms with Crippen molar-refractivity contribution < 1.29 is 4.79 Å². The Hall–Kier alpha value is -0.590. The van der Waals surface area contributed by atoms with Gasteiger partial charge in [-0.2, -0.15) is 0 Å². The Labute approximate surface area is 162 Å². The molecule has 1 aromatic heterocycles. The van der Waals surface area contributed by atoms with Gasteiger partial charge < -0.3 is 10.6 Å². The van der Waals surface area contributed by atoms with Crippen LogP contribution in [0.15, 0.2) is 24.4 Å². The average Bonchev–Trinajstić information content (AvgIpc) is 3.05. The van der Waals surface area contributed by atoms with Gasteiger partial charge in [0.2, 0.25) is 5.91 Å². The molecule has 0 radical (unpaired) electrons. The van der Waals surface area contributed by atoms with Crippen molar-refractivity contribution in [3.63, 3.8) is 0 Å². The second kappa shape index (κ2) is 11.9. The molecule has 2 aliphatic heterocycles. The summed E-state index contributed by atoms with van der Waals surface area (Å²) in [7, 11) is 0. The van der Waals surface area contributed by atoms with E-state index in [0.29, 0.717) is 6.04 Å². The quantitative estimate of drug-likeness (QED) is 0.817. The van der Waals surface area contributed by atoms with Crippen LogP contribution in [0, 0.1) is 0 Å². The smallest absolute Gasteiger partial charge is 0.237 e. The summed E-state index contributed by atoms with van der Waals surface area (Å²) in [5.74, 6) is 0.190. The van der Waals surface area contributed by atoms with E-state index in [1.165, 1.54) is 0 Å². The van der Waals surface area contributed by atoms with Crippen LogP contribution in [0.4, 0.5) is 0 Å². The Morgan fingerprint density at radius 2 is 1.96 bits per heavy atom. The Bertz CT molecular complexity index is 464. The molecule has 0 aliphatic carbocycles. The fraction of sp³-hybridized carbons (Fsp3) is 0.625. The maximum absolute atomic E-state index is 12.1. The maximum Gasteiger partial charge on any atom is 0.237 e. The van der Waals surface area contributed by atoms with Gasteiger partial charge in [0.25, 0.3) is 0 Å². The standard InChI is InChI=1S/C16H24N4O.3ClH/c21-16(15-5-3-9-18-15)19-13-6-10-20(11-7-13)12-14-4-1-2-8-17-14;;;/h1-2,4,8,13,15,18H,3,5-7,9-12H2,(H,19,21);3*1H/t15-;;;/m0.../s1. The SMILES string of the molecule is Cl.Cl.Cl.O=C(NC1CCN(Cc2ccccn2)CC1)[C@@H]1CCCN1. The van der Waals surface area contributed by atoms with E-state index in [0.717, 1.165) is 57.6 Å². The molecule has 0 bridgehead atoms. The number of likely N-dealkylation sites (tertiary alicyclic amines) is 1. The lowest BCUT2D eigenvalue weighted by Gasteiger charge is -2.32. The molecule has 138 valence electrons. The highest BCUT2D eigenvalue weighted by Crippen LogP contribution is 2.14. The molecule has 3 rings (SSSR count). The zero-order chi connectivity index (χ0) is 14.5. The van der Waals surface area contributed by atoms with E-state index in [1.54, 1.807) is 0 Å². The van der Waals surface area contributed by atoms with Crippen LogP contribution >= 0.6 is 37.2 Å². The van der Waals surface area contributed by atoms with Crippen LogP contribution in [0.2, 0.25) is 0 Å². The number of nitrogens with one attached hydrogen (secondary N) is 2. The number of nitrogens with zero attached hydrogens (tertiary/aromatic N) is 2. The Morgan fingerprint density at radius 3 is 2.54 bits per heavy atom. The first-order valence-corrected chi connectivity index (χ1v) is 7.97. The highest BCUT2D eigenvalue weighted by atomic mass is 35.5. The first-order chi connectivity index (χ1) is 10.3. The first kappa shape index (κ1) is 23.4. The minimum Gasteiger partial charge on any atom is -0.352 e. The average molecular weight is 398 g/mol. The van der Waals surface area contributed by atoms with Gasteiger partial charge >= 0.3 is 0 Å². The minimum absolute atomic E-state index is 0. The van der Waals surface area contributed by atoms with E-state index in [2.05, 4.69) is 26.6 Å². The van der Waals surface area contributed by atoms with Crippen molar-refractivity contribution in [1.82, 2.24) is 20.5 Å². The number of hydrogen-bond donors (Lipinski definition) is 2. The highest BCUT2D eigenvalue weighted by Gasteiger charge is 2.26. The van der Waals surface area contributed by atoms with E-state index in [9.17, 15) is 4.79 Å². The summed E-state index contributed by atoms with van der Waals surface area (Å²) < 4.78 is 0. The summed E-state index contributed by atoms with van der Waals surface area (Å²) in [5, 5.41) is 6.46. The highest BCUT2D eigenvalue weighted by molar-refractivity contribution is 5.86. The van der Waals surface area contributed by atoms with Crippen molar-refractivity contribution in [2.24, 2.45) is 0 Å². The molecule has 2 fully saturated rings. The van der Waals surface area contributed by atoms with Crippen LogP contribution in [0.1, 0.15) is 31.4 Å². The van der Waals surface area contributed by atoms with Gasteiger partial charge in [0, 0.05) is 31.9 Å². The number of hydrogen-bond acceptors (Lipinski definition) is 4. The third kappa shape index (κ3) is 6.73. The maximum atomic E-state index is 12.1. The zero-order valence-corrected chi connectivity index (χ0v) is 16.1. The van der Waals surface area contributed by atoms with Crippen LogP contribution in [0.5, 0.6) is 0 Å². The largest absolute Gasteiger partial charge is 0.352 e. The summed E-state index contributed by atoms with van der Waals surface area (Å²) in [6, 6.07) is 6.42. The summed E-state index contributed by atoms with van der Waals surface area (Å²) in [4.78, 5) is 18.9. The molecular weight excluding hydrogens is 371 g/mol. The summed E-state index contributed by atoms with van der Waals surface area (Å²) in [6.45, 7) is 3.94. The summed E-state index contributed by atoms with van der Waals surface area (Å²) >= 11 is 0. The van der Waals surface area contributed by atoms with Gasteiger partial charge in [-0.05, 0) is 44.4 Å². The molecule has 8 heteroatoms. The van der Waals surface area contributed by atoms with Crippen molar-refractivity contribution in [2.75, 3.05) is 19.6 Å². The fourth-order valence-electron chi connectivity index (χ4n) is 3.17. The van der Waals surface area contributed by atoms with Crippen molar-refractivity contribution in [3.8, 4) is 0 Å². The number of pyridine rings is 1. The van der Waals surface area contributed by atoms with Gasteiger partial charge in [0.05, 0.1) is 11.7 Å².